The summed E-state index contributed by atoms with van der Waals surface area (Å²) in [4.78, 5) is 4.26. The van der Waals surface area contributed by atoms with Crippen LogP contribution < -0.4 is 0 Å². The summed E-state index contributed by atoms with van der Waals surface area (Å²) in [6.07, 6.45) is 0.920. The van der Waals surface area contributed by atoms with E-state index in [1.807, 2.05) is 18.2 Å². The van der Waals surface area contributed by atoms with Gasteiger partial charge in [0, 0.05) is 5.56 Å². The Hall–Kier alpha value is -1.25. The van der Waals surface area contributed by atoms with Crippen LogP contribution in [-0.4, -0.2) is 9.36 Å². The molecule has 0 spiro atoms. The number of nitrogens with zero attached hydrogens (tertiary/aromatic N) is 3. The van der Waals surface area contributed by atoms with E-state index in [0.717, 1.165) is 28.1 Å². The fourth-order valence-electron chi connectivity index (χ4n) is 1.75. The first kappa shape index (κ1) is 13.2. The molecule has 0 N–H and O–H groups in total. The highest BCUT2D eigenvalue weighted by Crippen LogP contribution is 2.26. The molecule has 0 atom stereocenters. The van der Waals surface area contributed by atoms with Crippen molar-refractivity contribution in [3.05, 3.63) is 34.1 Å². The summed E-state index contributed by atoms with van der Waals surface area (Å²) in [7, 11) is 0. The molecule has 2 rings (SSSR count). The lowest BCUT2D eigenvalue weighted by Gasteiger charge is -2.07. The van der Waals surface area contributed by atoms with Crippen molar-refractivity contribution >= 4 is 27.5 Å². The van der Waals surface area contributed by atoms with Crippen molar-refractivity contribution in [3.63, 3.8) is 0 Å². The molecule has 1 heterocycles. The number of rotatable bonds is 3. The van der Waals surface area contributed by atoms with Crippen LogP contribution in [0.1, 0.15) is 25.0 Å². The van der Waals surface area contributed by atoms with Gasteiger partial charge in [0.15, 0.2) is 0 Å². The molecule has 0 saturated heterocycles. The molecule has 0 aliphatic carbocycles. The first-order chi connectivity index (χ1) is 8.60. The number of aromatic nitrogens is 2. The molecule has 0 aliphatic heterocycles. The average molecular weight is 322 g/mol. The molecule has 0 unspecified atom stereocenters. The minimum atomic E-state index is 0.540. The Morgan fingerprint density at radius 3 is 2.78 bits per heavy atom. The van der Waals surface area contributed by atoms with Gasteiger partial charge in [-0.2, -0.15) is 9.64 Å². The van der Waals surface area contributed by atoms with E-state index < -0.39 is 0 Å². The highest BCUT2D eigenvalue weighted by molar-refractivity contribution is 9.10. The van der Waals surface area contributed by atoms with E-state index in [-0.39, 0.29) is 0 Å². The van der Waals surface area contributed by atoms with Crippen LogP contribution in [0, 0.1) is 17.2 Å². The van der Waals surface area contributed by atoms with Gasteiger partial charge >= 0.3 is 0 Å². The molecule has 92 valence electrons. The number of nitriles is 1. The zero-order valence-corrected chi connectivity index (χ0v) is 12.5. The third-order valence-electron chi connectivity index (χ3n) is 2.51. The second-order valence-electron chi connectivity index (χ2n) is 4.45. The quantitative estimate of drug-likeness (QED) is 0.857. The van der Waals surface area contributed by atoms with Gasteiger partial charge in [-0.1, -0.05) is 26.0 Å². The molecule has 0 saturated carbocycles. The normalized spacial score (nSPS) is 10.6. The largest absolute Gasteiger partial charge is 0.209 e. The lowest BCUT2D eigenvalue weighted by atomic mass is 9.97. The minimum absolute atomic E-state index is 0.540. The molecule has 5 heteroatoms. The minimum Gasteiger partial charge on any atom is -0.209 e. The maximum Gasteiger partial charge on any atom is 0.209 e. The van der Waals surface area contributed by atoms with E-state index in [1.54, 1.807) is 0 Å². The van der Waals surface area contributed by atoms with Gasteiger partial charge in [-0.05, 0) is 51.4 Å². The zero-order valence-electron chi connectivity index (χ0n) is 10.1. The summed E-state index contributed by atoms with van der Waals surface area (Å²) in [5.74, 6) is 0.540. The smallest absolute Gasteiger partial charge is 0.209 e. The van der Waals surface area contributed by atoms with Crippen LogP contribution >= 0.6 is 27.5 Å². The van der Waals surface area contributed by atoms with Crippen molar-refractivity contribution in [2.45, 2.75) is 20.3 Å². The Morgan fingerprint density at radius 2 is 2.22 bits per heavy atom. The Labute approximate surface area is 119 Å². The Bertz CT molecular complexity index is 599. The van der Waals surface area contributed by atoms with Gasteiger partial charge in [0.2, 0.25) is 4.73 Å². The Morgan fingerprint density at radius 1 is 1.44 bits per heavy atom. The summed E-state index contributed by atoms with van der Waals surface area (Å²) in [5.41, 5.74) is 2.77. The first-order valence-corrected chi connectivity index (χ1v) is 7.19. The van der Waals surface area contributed by atoms with Gasteiger partial charge in [0.25, 0.3) is 0 Å². The number of hydrogen-bond donors (Lipinski definition) is 0. The van der Waals surface area contributed by atoms with Crippen molar-refractivity contribution in [3.8, 4) is 16.6 Å². The molecule has 0 aliphatic rings. The maximum atomic E-state index is 9.22. The van der Waals surface area contributed by atoms with Crippen LogP contribution in [0.2, 0.25) is 0 Å². The second-order valence-corrected chi connectivity index (χ2v) is 5.91. The standard InChI is InChI=1S/C13H12BrN3S/c1-8(2)5-9-3-4-10(6-11(9)7-15)12-16-13(14)17-18-12/h3-4,6,8H,5H2,1-2H3. The topological polar surface area (TPSA) is 49.6 Å². The van der Waals surface area contributed by atoms with Crippen molar-refractivity contribution in [2.24, 2.45) is 5.92 Å². The van der Waals surface area contributed by atoms with Crippen LogP contribution in [0.25, 0.3) is 10.6 Å². The molecule has 2 aromatic rings. The van der Waals surface area contributed by atoms with Gasteiger partial charge in [0.05, 0.1) is 11.6 Å². The zero-order chi connectivity index (χ0) is 13.1. The predicted octanol–water partition coefficient (Wildman–Crippen LogP) is 4.04. The molecule has 0 bridgehead atoms. The summed E-state index contributed by atoms with van der Waals surface area (Å²) < 4.78 is 4.67. The van der Waals surface area contributed by atoms with Crippen molar-refractivity contribution in [1.82, 2.24) is 9.36 Å². The van der Waals surface area contributed by atoms with Crippen LogP contribution in [0.4, 0.5) is 0 Å². The van der Waals surface area contributed by atoms with Crippen LogP contribution in [-0.2, 0) is 6.42 Å². The van der Waals surface area contributed by atoms with E-state index in [9.17, 15) is 5.26 Å². The highest BCUT2D eigenvalue weighted by atomic mass is 79.9. The highest BCUT2D eigenvalue weighted by Gasteiger charge is 2.09. The van der Waals surface area contributed by atoms with E-state index in [2.05, 4.69) is 45.2 Å². The SMILES string of the molecule is CC(C)Cc1ccc(-c2nc(Br)ns2)cc1C#N. The molecule has 1 aromatic heterocycles. The fraction of sp³-hybridized carbons (Fsp3) is 0.308. The van der Waals surface area contributed by atoms with Crippen LogP contribution in [0.15, 0.2) is 22.9 Å². The Kier molecular flexibility index (Phi) is 4.10. The van der Waals surface area contributed by atoms with Crippen molar-refractivity contribution < 1.29 is 0 Å². The average Bonchev–Trinajstić information content (AvgIpc) is 2.75. The molecule has 0 radical (unpaired) electrons. The summed E-state index contributed by atoms with van der Waals surface area (Å²) >= 11 is 4.56. The van der Waals surface area contributed by atoms with Crippen molar-refractivity contribution in [1.29, 1.82) is 5.26 Å². The van der Waals surface area contributed by atoms with E-state index >= 15 is 0 Å². The lowest BCUT2D eigenvalue weighted by Crippen LogP contribution is -1.97. The summed E-state index contributed by atoms with van der Waals surface area (Å²) in [6, 6.07) is 8.18. The monoisotopic (exact) mass is 321 g/mol. The van der Waals surface area contributed by atoms with E-state index in [0.29, 0.717) is 10.7 Å². The number of benzene rings is 1. The number of halogens is 1. The molecule has 0 fully saturated rings. The van der Waals surface area contributed by atoms with Gasteiger partial charge < -0.3 is 0 Å². The Balaban J connectivity index is 2.39. The maximum absolute atomic E-state index is 9.22. The van der Waals surface area contributed by atoms with Crippen LogP contribution in [0.3, 0.4) is 0 Å². The summed E-state index contributed by atoms with van der Waals surface area (Å²) in [6.45, 7) is 4.30. The van der Waals surface area contributed by atoms with Crippen molar-refractivity contribution in [2.75, 3.05) is 0 Å². The second kappa shape index (κ2) is 5.59. The number of hydrogen-bond acceptors (Lipinski definition) is 4. The third-order valence-corrected chi connectivity index (χ3v) is 3.86. The fourth-order valence-corrected chi connectivity index (χ4v) is 2.83. The molecule has 3 nitrogen and oxygen atoms in total. The van der Waals surface area contributed by atoms with Gasteiger partial charge in [-0.15, -0.1) is 0 Å². The molecule has 1 aromatic carbocycles. The molecule has 18 heavy (non-hydrogen) atoms. The van der Waals surface area contributed by atoms with Gasteiger partial charge in [0.1, 0.15) is 5.01 Å². The van der Waals surface area contributed by atoms with Gasteiger partial charge in [-0.25, -0.2) is 4.98 Å². The third kappa shape index (κ3) is 2.95. The summed E-state index contributed by atoms with van der Waals surface area (Å²) in [5, 5.41) is 10.0. The first-order valence-electron chi connectivity index (χ1n) is 5.62. The molecular formula is C13H12BrN3S. The van der Waals surface area contributed by atoms with Gasteiger partial charge in [-0.3, -0.25) is 0 Å². The molecular weight excluding hydrogens is 310 g/mol. The van der Waals surface area contributed by atoms with E-state index in [4.69, 9.17) is 0 Å². The predicted molar refractivity (Wildman–Crippen MR) is 76.3 cm³/mol. The van der Waals surface area contributed by atoms with E-state index in [1.165, 1.54) is 11.5 Å². The molecule has 0 amide bonds. The van der Waals surface area contributed by atoms with Crippen LogP contribution in [0.5, 0.6) is 0 Å². The lowest BCUT2D eigenvalue weighted by molar-refractivity contribution is 0.646.